The number of hydrogen-bond donors (Lipinski definition) is 1. The van der Waals surface area contributed by atoms with Crippen molar-refractivity contribution < 1.29 is 9.59 Å². The first-order valence-corrected chi connectivity index (χ1v) is 6.13. The normalized spacial score (nSPS) is 21.5. The molecule has 5 heteroatoms. The van der Waals surface area contributed by atoms with Crippen LogP contribution in [0.2, 0.25) is 0 Å². The first-order chi connectivity index (χ1) is 7.91. The topological polar surface area (TPSA) is 52.7 Å². The number of carbonyl (C=O) groups is 2. The van der Waals surface area contributed by atoms with Crippen LogP contribution in [-0.4, -0.2) is 61.4 Å². The summed E-state index contributed by atoms with van der Waals surface area (Å²) >= 11 is 0. The highest BCUT2D eigenvalue weighted by Crippen LogP contribution is 2.08. The van der Waals surface area contributed by atoms with E-state index in [0.717, 1.165) is 13.1 Å². The van der Waals surface area contributed by atoms with E-state index in [1.165, 1.54) is 0 Å². The zero-order valence-electron chi connectivity index (χ0n) is 11.2. The Hall–Kier alpha value is -1.10. The maximum absolute atomic E-state index is 12.0. The summed E-state index contributed by atoms with van der Waals surface area (Å²) in [5.41, 5.74) is 0. The van der Waals surface area contributed by atoms with Gasteiger partial charge in [0.25, 0.3) is 0 Å². The quantitative estimate of drug-likeness (QED) is 0.749. The van der Waals surface area contributed by atoms with Crippen molar-refractivity contribution in [2.45, 2.75) is 26.3 Å². The Balaban J connectivity index is 2.51. The molecule has 2 amide bonds. The summed E-state index contributed by atoms with van der Waals surface area (Å²) in [4.78, 5) is 27.3. The van der Waals surface area contributed by atoms with Gasteiger partial charge in [0.1, 0.15) is 0 Å². The number of nitrogens with zero attached hydrogens (tertiary/aromatic N) is 2. The second-order valence-corrected chi connectivity index (χ2v) is 5.16. The lowest BCUT2D eigenvalue weighted by atomic mass is 10.1. The van der Waals surface area contributed by atoms with E-state index in [1.54, 1.807) is 11.9 Å². The molecule has 98 valence electrons. The molecule has 1 aliphatic rings. The van der Waals surface area contributed by atoms with Gasteiger partial charge >= 0.3 is 0 Å². The monoisotopic (exact) mass is 241 g/mol. The molecule has 1 saturated heterocycles. The van der Waals surface area contributed by atoms with Crippen LogP contribution < -0.4 is 5.32 Å². The first kappa shape index (κ1) is 14.0. The summed E-state index contributed by atoms with van der Waals surface area (Å²) < 4.78 is 0. The van der Waals surface area contributed by atoms with E-state index in [9.17, 15) is 9.59 Å². The molecule has 0 aromatic carbocycles. The molecular weight excluding hydrogens is 218 g/mol. The minimum atomic E-state index is -0.314. The molecule has 1 N–H and O–H groups in total. The standard InChI is InChI=1S/C12H23N3O2/c1-9(2)8-15(4)11(16)7-10-12(17)13-5-6-14(10)3/h9-10H,5-8H2,1-4H3,(H,13,17)/t10-/m0/s1. The molecule has 0 bridgehead atoms. The molecule has 17 heavy (non-hydrogen) atoms. The van der Waals surface area contributed by atoms with Gasteiger partial charge in [0, 0.05) is 26.7 Å². The SMILES string of the molecule is CC(C)CN(C)C(=O)C[C@H]1C(=O)NCCN1C. The Kier molecular flexibility index (Phi) is 4.93. The molecule has 0 spiro atoms. The molecule has 1 aliphatic heterocycles. The molecule has 0 aromatic rings. The van der Waals surface area contributed by atoms with Crippen molar-refractivity contribution in [1.82, 2.24) is 15.1 Å². The van der Waals surface area contributed by atoms with Gasteiger partial charge in [-0.05, 0) is 13.0 Å². The van der Waals surface area contributed by atoms with Crippen LogP contribution in [0.25, 0.3) is 0 Å². The second kappa shape index (κ2) is 6.00. The predicted octanol–water partition coefficient (Wildman–Crippen LogP) is -0.0789. The number of hydrogen-bond acceptors (Lipinski definition) is 3. The lowest BCUT2D eigenvalue weighted by Crippen LogP contribution is -2.55. The third-order valence-corrected chi connectivity index (χ3v) is 3.03. The summed E-state index contributed by atoms with van der Waals surface area (Å²) in [5, 5.41) is 2.80. The van der Waals surface area contributed by atoms with Crippen molar-refractivity contribution in [3.8, 4) is 0 Å². The number of amides is 2. The van der Waals surface area contributed by atoms with Gasteiger partial charge in [-0.15, -0.1) is 0 Å². The van der Waals surface area contributed by atoms with Crippen LogP contribution in [0.5, 0.6) is 0 Å². The molecule has 0 saturated carbocycles. The van der Waals surface area contributed by atoms with Gasteiger partial charge in [0.15, 0.2) is 0 Å². The molecular formula is C12H23N3O2. The highest BCUT2D eigenvalue weighted by atomic mass is 16.2. The lowest BCUT2D eigenvalue weighted by Gasteiger charge is -2.32. The fraction of sp³-hybridized carbons (Fsp3) is 0.833. The fourth-order valence-corrected chi connectivity index (χ4v) is 2.05. The molecule has 0 radical (unpaired) electrons. The zero-order valence-corrected chi connectivity index (χ0v) is 11.2. The van der Waals surface area contributed by atoms with Crippen molar-refractivity contribution in [3.63, 3.8) is 0 Å². The van der Waals surface area contributed by atoms with Crippen LogP contribution in [0.15, 0.2) is 0 Å². The minimum Gasteiger partial charge on any atom is -0.353 e. The van der Waals surface area contributed by atoms with Gasteiger partial charge in [-0.3, -0.25) is 14.5 Å². The Labute approximate surface area is 103 Å². The zero-order chi connectivity index (χ0) is 13.0. The third-order valence-electron chi connectivity index (χ3n) is 3.03. The first-order valence-electron chi connectivity index (χ1n) is 6.13. The number of nitrogens with one attached hydrogen (secondary N) is 1. The van der Waals surface area contributed by atoms with E-state index in [-0.39, 0.29) is 24.3 Å². The lowest BCUT2D eigenvalue weighted by molar-refractivity contribution is -0.137. The highest BCUT2D eigenvalue weighted by Gasteiger charge is 2.29. The Morgan fingerprint density at radius 2 is 2.24 bits per heavy atom. The second-order valence-electron chi connectivity index (χ2n) is 5.16. The average molecular weight is 241 g/mol. The summed E-state index contributed by atoms with van der Waals surface area (Å²) in [6, 6.07) is -0.314. The largest absolute Gasteiger partial charge is 0.353 e. The van der Waals surface area contributed by atoms with E-state index in [0.29, 0.717) is 12.5 Å². The maximum atomic E-state index is 12.0. The van der Waals surface area contributed by atoms with Gasteiger partial charge in [-0.1, -0.05) is 13.8 Å². The fourth-order valence-electron chi connectivity index (χ4n) is 2.05. The van der Waals surface area contributed by atoms with Crippen LogP contribution in [0.3, 0.4) is 0 Å². The van der Waals surface area contributed by atoms with Crippen molar-refractivity contribution >= 4 is 11.8 Å². The summed E-state index contributed by atoms with van der Waals surface area (Å²) in [7, 11) is 3.68. The van der Waals surface area contributed by atoms with Crippen LogP contribution in [0.4, 0.5) is 0 Å². The van der Waals surface area contributed by atoms with Crippen LogP contribution >= 0.6 is 0 Å². The molecule has 1 fully saturated rings. The maximum Gasteiger partial charge on any atom is 0.237 e. The Morgan fingerprint density at radius 1 is 1.59 bits per heavy atom. The van der Waals surface area contributed by atoms with E-state index in [1.807, 2.05) is 11.9 Å². The van der Waals surface area contributed by atoms with Gasteiger partial charge in [-0.25, -0.2) is 0 Å². The number of likely N-dealkylation sites (N-methyl/N-ethyl adjacent to an activating group) is 1. The Bertz CT molecular complexity index is 291. The van der Waals surface area contributed by atoms with E-state index in [2.05, 4.69) is 19.2 Å². The number of carbonyl (C=O) groups excluding carboxylic acids is 2. The smallest absolute Gasteiger partial charge is 0.237 e. The molecule has 1 atom stereocenters. The van der Waals surface area contributed by atoms with Crippen molar-refractivity contribution in [2.24, 2.45) is 5.92 Å². The molecule has 1 heterocycles. The number of piperazine rings is 1. The van der Waals surface area contributed by atoms with Gasteiger partial charge in [0.05, 0.1) is 12.5 Å². The van der Waals surface area contributed by atoms with Crippen molar-refractivity contribution in [2.75, 3.05) is 33.7 Å². The number of rotatable bonds is 4. The molecule has 0 aromatic heterocycles. The molecule has 5 nitrogen and oxygen atoms in total. The predicted molar refractivity (Wildman–Crippen MR) is 66.5 cm³/mol. The minimum absolute atomic E-state index is 0.0348. The van der Waals surface area contributed by atoms with Crippen molar-refractivity contribution in [1.29, 1.82) is 0 Å². The van der Waals surface area contributed by atoms with Crippen LogP contribution in [0, 0.1) is 5.92 Å². The summed E-state index contributed by atoms with van der Waals surface area (Å²) in [6.45, 7) is 6.35. The van der Waals surface area contributed by atoms with Crippen LogP contribution in [-0.2, 0) is 9.59 Å². The van der Waals surface area contributed by atoms with Crippen LogP contribution in [0.1, 0.15) is 20.3 Å². The molecule has 0 unspecified atom stereocenters. The van der Waals surface area contributed by atoms with Gasteiger partial charge in [0.2, 0.25) is 11.8 Å². The summed E-state index contributed by atoms with van der Waals surface area (Å²) in [5.74, 6) is 0.444. The Morgan fingerprint density at radius 3 is 2.76 bits per heavy atom. The van der Waals surface area contributed by atoms with Gasteiger partial charge in [-0.2, -0.15) is 0 Å². The average Bonchev–Trinajstić information content (AvgIpc) is 2.22. The molecule has 0 aliphatic carbocycles. The molecule has 1 rings (SSSR count). The van der Waals surface area contributed by atoms with Crippen molar-refractivity contribution in [3.05, 3.63) is 0 Å². The van der Waals surface area contributed by atoms with Gasteiger partial charge < -0.3 is 10.2 Å². The van der Waals surface area contributed by atoms with E-state index < -0.39 is 0 Å². The highest BCUT2D eigenvalue weighted by molar-refractivity contribution is 5.88. The summed E-state index contributed by atoms with van der Waals surface area (Å²) in [6.07, 6.45) is 0.269. The van der Waals surface area contributed by atoms with E-state index in [4.69, 9.17) is 0 Å². The van der Waals surface area contributed by atoms with E-state index >= 15 is 0 Å². The third kappa shape index (κ3) is 4.00.